The molecule has 0 spiro atoms. The molecular weight excluding hydrogens is 234 g/mol. The van der Waals surface area contributed by atoms with Gasteiger partial charge in [0.15, 0.2) is 5.13 Å². The number of benzene rings is 1. The summed E-state index contributed by atoms with van der Waals surface area (Å²) in [6.07, 6.45) is 1.05. The largest absolute Gasteiger partial charge is 0.494 e. The number of ether oxygens (including phenoxy) is 1. The minimum Gasteiger partial charge on any atom is -0.494 e. The fourth-order valence-corrected chi connectivity index (χ4v) is 3.19. The molecule has 90 valence electrons. The molecule has 0 radical (unpaired) electrons. The average molecular weight is 249 g/mol. The summed E-state index contributed by atoms with van der Waals surface area (Å²) in [4.78, 5) is 6.92. The molecule has 4 nitrogen and oxygen atoms in total. The summed E-state index contributed by atoms with van der Waals surface area (Å²) in [6.45, 7) is 1.91. The van der Waals surface area contributed by atoms with Crippen LogP contribution in [0, 0.1) is 0 Å². The van der Waals surface area contributed by atoms with Gasteiger partial charge in [-0.3, -0.25) is 0 Å². The van der Waals surface area contributed by atoms with Crippen molar-refractivity contribution in [3.8, 4) is 5.75 Å². The van der Waals surface area contributed by atoms with Crippen molar-refractivity contribution in [1.82, 2.24) is 4.98 Å². The summed E-state index contributed by atoms with van der Waals surface area (Å²) in [5.41, 5.74) is 6.88. The maximum atomic E-state index is 5.92. The highest BCUT2D eigenvalue weighted by molar-refractivity contribution is 7.22. The second-order valence-electron chi connectivity index (χ2n) is 4.30. The topological polar surface area (TPSA) is 51.4 Å². The van der Waals surface area contributed by atoms with Gasteiger partial charge in [0.25, 0.3) is 0 Å². The van der Waals surface area contributed by atoms with Gasteiger partial charge in [0.2, 0.25) is 0 Å². The van der Waals surface area contributed by atoms with Gasteiger partial charge in [0.1, 0.15) is 11.3 Å². The molecule has 1 fully saturated rings. The SMILES string of the molecule is COc1cccc2sc(N3CCC(N)C3)nc12. The van der Waals surface area contributed by atoms with E-state index in [9.17, 15) is 0 Å². The van der Waals surface area contributed by atoms with Crippen LogP contribution in [0.1, 0.15) is 6.42 Å². The van der Waals surface area contributed by atoms with Crippen LogP contribution < -0.4 is 15.4 Å². The number of hydrogen-bond acceptors (Lipinski definition) is 5. The number of nitrogens with zero attached hydrogens (tertiary/aromatic N) is 2. The van der Waals surface area contributed by atoms with Gasteiger partial charge >= 0.3 is 0 Å². The Bertz CT molecular complexity index is 540. The molecule has 3 rings (SSSR count). The molecule has 1 aliphatic rings. The third kappa shape index (κ3) is 1.85. The number of hydrogen-bond donors (Lipinski definition) is 1. The Balaban J connectivity index is 2.01. The normalized spacial score (nSPS) is 20.1. The fourth-order valence-electron chi connectivity index (χ4n) is 2.17. The van der Waals surface area contributed by atoms with Gasteiger partial charge in [-0.15, -0.1) is 0 Å². The lowest BCUT2D eigenvalue weighted by molar-refractivity contribution is 0.419. The number of anilines is 1. The van der Waals surface area contributed by atoms with E-state index < -0.39 is 0 Å². The molecule has 1 aliphatic heterocycles. The minimum absolute atomic E-state index is 0.281. The molecule has 0 bridgehead atoms. The van der Waals surface area contributed by atoms with Crippen LogP contribution in [-0.2, 0) is 0 Å². The summed E-state index contributed by atoms with van der Waals surface area (Å²) in [5.74, 6) is 0.841. The molecule has 2 N–H and O–H groups in total. The quantitative estimate of drug-likeness (QED) is 0.882. The number of methoxy groups -OCH3 is 1. The zero-order chi connectivity index (χ0) is 11.8. The summed E-state index contributed by atoms with van der Waals surface area (Å²) >= 11 is 1.71. The average Bonchev–Trinajstić information content (AvgIpc) is 2.93. The second-order valence-corrected chi connectivity index (χ2v) is 5.31. The maximum Gasteiger partial charge on any atom is 0.186 e. The molecule has 1 atom stereocenters. The lowest BCUT2D eigenvalue weighted by Crippen LogP contribution is -2.26. The van der Waals surface area contributed by atoms with Crippen LogP contribution in [0.2, 0.25) is 0 Å². The molecule has 17 heavy (non-hydrogen) atoms. The zero-order valence-electron chi connectivity index (χ0n) is 9.72. The predicted octanol–water partition coefficient (Wildman–Crippen LogP) is 1.84. The Hall–Kier alpha value is -1.33. The van der Waals surface area contributed by atoms with E-state index in [0.29, 0.717) is 0 Å². The van der Waals surface area contributed by atoms with Crippen molar-refractivity contribution in [1.29, 1.82) is 0 Å². The highest BCUT2D eigenvalue weighted by atomic mass is 32.1. The molecule has 1 unspecified atom stereocenters. The van der Waals surface area contributed by atoms with Crippen LogP contribution in [-0.4, -0.2) is 31.2 Å². The molecule has 0 aliphatic carbocycles. The molecule has 0 saturated carbocycles. The van der Waals surface area contributed by atoms with E-state index in [4.69, 9.17) is 10.5 Å². The molecule has 1 aromatic carbocycles. The fraction of sp³-hybridized carbons (Fsp3) is 0.417. The summed E-state index contributed by atoms with van der Waals surface area (Å²) in [6, 6.07) is 6.30. The van der Waals surface area contributed by atoms with Crippen molar-refractivity contribution in [2.24, 2.45) is 5.73 Å². The van der Waals surface area contributed by atoms with Gasteiger partial charge < -0.3 is 15.4 Å². The smallest absolute Gasteiger partial charge is 0.186 e. The summed E-state index contributed by atoms with van der Waals surface area (Å²) < 4.78 is 6.49. The molecule has 2 heterocycles. The van der Waals surface area contributed by atoms with E-state index in [1.54, 1.807) is 18.4 Å². The first kappa shape index (κ1) is 10.8. The van der Waals surface area contributed by atoms with Crippen LogP contribution in [0.4, 0.5) is 5.13 Å². The number of nitrogens with two attached hydrogens (primary N) is 1. The van der Waals surface area contributed by atoms with Crippen molar-refractivity contribution >= 4 is 26.7 Å². The van der Waals surface area contributed by atoms with Crippen LogP contribution in [0.5, 0.6) is 5.75 Å². The Kier molecular flexibility index (Phi) is 2.64. The second kappa shape index (κ2) is 4.16. The van der Waals surface area contributed by atoms with E-state index in [1.807, 2.05) is 12.1 Å². The van der Waals surface area contributed by atoms with Crippen molar-refractivity contribution in [2.75, 3.05) is 25.1 Å². The molecule has 0 amide bonds. The van der Waals surface area contributed by atoms with E-state index in [2.05, 4.69) is 16.0 Å². The molecule has 5 heteroatoms. The van der Waals surface area contributed by atoms with E-state index in [-0.39, 0.29) is 6.04 Å². The highest BCUT2D eigenvalue weighted by Crippen LogP contribution is 2.34. The van der Waals surface area contributed by atoms with Crippen molar-refractivity contribution in [2.45, 2.75) is 12.5 Å². The Morgan fingerprint density at radius 2 is 2.41 bits per heavy atom. The third-order valence-electron chi connectivity index (χ3n) is 3.09. The van der Waals surface area contributed by atoms with Crippen LogP contribution >= 0.6 is 11.3 Å². The minimum atomic E-state index is 0.281. The van der Waals surface area contributed by atoms with Gasteiger partial charge in [-0.1, -0.05) is 17.4 Å². The van der Waals surface area contributed by atoms with E-state index >= 15 is 0 Å². The number of para-hydroxylation sites is 1. The van der Waals surface area contributed by atoms with Crippen LogP contribution in [0.3, 0.4) is 0 Å². The number of fused-ring (bicyclic) bond motifs is 1. The first-order chi connectivity index (χ1) is 8.28. The lowest BCUT2D eigenvalue weighted by atomic mass is 10.3. The Labute approximate surface area is 104 Å². The van der Waals surface area contributed by atoms with Crippen LogP contribution in [0.15, 0.2) is 18.2 Å². The van der Waals surface area contributed by atoms with Gasteiger partial charge in [-0.2, -0.15) is 0 Å². The van der Waals surface area contributed by atoms with E-state index in [1.165, 1.54) is 4.70 Å². The molecule has 1 aromatic heterocycles. The summed E-state index contributed by atoms with van der Waals surface area (Å²) in [5, 5.41) is 1.05. The van der Waals surface area contributed by atoms with Crippen LogP contribution in [0.25, 0.3) is 10.2 Å². The maximum absolute atomic E-state index is 5.92. The first-order valence-electron chi connectivity index (χ1n) is 5.72. The Morgan fingerprint density at radius 3 is 3.12 bits per heavy atom. The van der Waals surface area contributed by atoms with Gasteiger partial charge in [-0.25, -0.2) is 4.98 Å². The van der Waals surface area contributed by atoms with Crippen molar-refractivity contribution in [3.63, 3.8) is 0 Å². The molecular formula is C12H15N3OS. The predicted molar refractivity (Wildman–Crippen MR) is 71.0 cm³/mol. The van der Waals surface area contributed by atoms with Crippen molar-refractivity contribution in [3.05, 3.63) is 18.2 Å². The number of thiazole rings is 1. The zero-order valence-corrected chi connectivity index (χ0v) is 10.5. The third-order valence-corrected chi connectivity index (χ3v) is 4.17. The van der Waals surface area contributed by atoms with Gasteiger partial charge in [-0.05, 0) is 18.6 Å². The Morgan fingerprint density at radius 1 is 1.53 bits per heavy atom. The number of aromatic nitrogens is 1. The van der Waals surface area contributed by atoms with Crippen molar-refractivity contribution < 1.29 is 4.74 Å². The standard InChI is InChI=1S/C12H15N3OS/c1-16-9-3-2-4-10-11(9)14-12(17-10)15-6-5-8(13)7-15/h2-4,8H,5-7,13H2,1H3. The highest BCUT2D eigenvalue weighted by Gasteiger charge is 2.22. The van der Waals surface area contributed by atoms with E-state index in [0.717, 1.165) is 35.9 Å². The molecule has 1 saturated heterocycles. The monoisotopic (exact) mass is 249 g/mol. The molecule has 2 aromatic rings. The lowest BCUT2D eigenvalue weighted by Gasteiger charge is -2.12. The van der Waals surface area contributed by atoms with Gasteiger partial charge in [0, 0.05) is 19.1 Å². The number of rotatable bonds is 2. The van der Waals surface area contributed by atoms with Gasteiger partial charge in [0.05, 0.1) is 11.8 Å². The first-order valence-corrected chi connectivity index (χ1v) is 6.53. The summed E-state index contributed by atoms with van der Waals surface area (Å²) in [7, 11) is 1.68.